The summed E-state index contributed by atoms with van der Waals surface area (Å²) in [6.07, 6.45) is 0. The van der Waals surface area contributed by atoms with Crippen LogP contribution >= 0.6 is 0 Å². The Hall–Kier alpha value is -5.46. The predicted octanol–water partition coefficient (Wildman–Crippen LogP) is 12.5. The maximum atomic E-state index is 2.44. The van der Waals surface area contributed by atoms with Gasteiger partial charge in [0.2, 0.25) is 0 Å². The second kappa shape index (κ2) is 9.78. The average molecular weight is 573 g/mol. The fourth-order valence-electron chi connectivity index (χ4n) is 8.07. The SMILES string of the molecule is CC1(C)c2ccccc2-c2cc(-c3ccc(-c4c5ccccc5c(-c5ccccc5)c5ccccc45)cc3)c3ccccc3c21. The van der Waals surface area contributed by atoms with E-state index in [1.165, 1.54) is 88.0 Å². The molecule has 1 aliphatic rings. The van der Waals surface area contributed by atoms with Crippen LogP contribution in [-0.4, -0.2) is 0 Å². The molecule has 0 radical (unpaired) electrons. The summed E-state index contributed by atoms with van der Waals surface area (Å²) in [6.45, 7) is 4.74. The topological polar surface area (TPSA) is 0 Å². The summed E-state index contributed by atoms with van der Waals surface area (Å²) in [5, 5.41) is 7.80. The quantitative estimate of drug-likeness (QED) is 0.185. The van der Waals surface area contributed by atoms with Gasteiger partial charge in [-0.3, -0.25) is 0 Å². The van der Waals surface area contributed by atoms with Gasteiger partial charge in [0, 0.05) is 5.41 Å². The molecule has 0 aliphatic heterocycles. The van der Waals surface area contributed by atoms with Gasteiger partial charge >= 0.3 is 0 Å². The molecule has 8 aromatic rings. The Bertz CT molecular complexity index is 2370. The lowest BCUT2D eigenvalue weighted by atomic mass is 9.79. The smallest absolute Gasteiger partial charge is 0.0165 e. The second-order valence-electron chi connectivity index (χ2n) is 12.8. The molecule has 212 valence electrons. The molecule has 45 heavy (non-hydrogen) atoms. The molecule has 0 unspecified atom stereocenters. The van der Waals surface area contributed by atoms with Gasteiger partial charge in [0.1, 0.15) is 0 Å². The van der Waals surface area contributed by atoms with Gasteiger partial charge in [0.25, 0.3) is 0 Å². The van der Waals surface area contributed by atoms with Gasteiger partial charge in [-0.2, -0.15) is 0 Å². The van der Waals surface area contributed by atoms with Crippen molar-refractivity contribution in [2.24, 2.45) is 0 Å². The van der Waals surface area contributed by atoms with Crippen LogP contribution in [0.1, 0.15) is 25.0 Å². The standard InChI is InChI=1S/C45H32/c1-45(2)41-23-13-12-17-33(41)40-28-39(32-16-6-11-22-38(32)44(40)45)29-24-26-31(27-25-29)43-36-20-9-7-18-34(36)42(30-14-4-3-5-15-30)35-19-8-10-21-37(35)43/h3-28H,1-2H3. The number of benzene rings is 8. The fourth-order valence-corrected chi connectivity index (χ4v) is 8.07. The first-order valence-electron chi connectivity index (χ1n) is 15.9. The first-order chi connectivity index (χ1) is 22.1. The zero-order chi connectivity index (χ0) is 30.1. The van der Waals surface area contributed by atoms with E-state index in [4.69, 9.17) is 0 Å². The van der Waals surface area contributed by atoms with Crippen molar-refractivity contribution >= 4 is 32.3 Å². The van der Waals surface area contributed by atoms with E-state index in [1.54, 1.807) is 0 Å². The van der Waals surface area contributed by atoms with Crippen molar-refractivity contribution < 1.29 is 0 Å². The minimum atomic E-state index is -0.0397. The maximum Gasteiger partial charge on any atom is 0.0165 e. The van der Waals surface area contributed by atoms with Crippen molar-refractivity contribution in [3.8, 4) is 44.5 Å². The summed E-state index contributed by atoms with van der Waals surface area (Å²) >= 11 is 0. The summed E-state index contributed by atoms with van der Waals surface area (Å²) < 4.78 is 0. The molecule has 0 N–H and O–H groups in total. The lowest BCUT2D eigenvalue weighted by molar-refractivity contribution is 0.666. The number of hydrogen-bond acceptors (Lipinski definition) is 0. The summed E-state index contributed by atoms with van der Waals surface area (Å²) in [5.41, 5.74) is 13.2. The molecule has 8 aromatic carbocycles. The van der Waals surface area contributed by atoms with Crippen molar-refractivity contribution in [3.05, 3.63) is 169 Å². The fraction of sp³-hybridized carbons (Fsp3) is 0.0667. The number of rotatable bonds is 3. The van der Waals surface area contributed by atoms with E-state index in [9.17, 15) is 0 Å². The minimum Gasteiger partial charge on any atom is -0.0622 e. The van der Waals surface area contributed by atoms with Crippen LogP contribution in [0.25, 0.3) is 76.8 Å². The predicted molar refractivity (Wildman–Crippen MR) is 193 cm³/mol. The van der Waals surface area contributed by atoms with Gasteiger partial charge in [-0.25, -0.2) is 0 Å². The molecule has 0 aromatic heterocycles. The van der Waals surface area contributed by atoms with Crippen molar-refractivity contribution in [3.63, 3.8) is 0 Å². The molecule has 0 bridgehead atoms. The molecule has 0 spiro atoms. The Morgan fingerprint density at radius 2 is 0.778 bits per heavy atom. The molecule has 0 saturated heterocycles. The van der Waals surface area contributed by atoms with E-state index >= 15 is 0 Å². The zero-order valence-electron chi connectivity index (χ0n) is 25.5. The highest BCUT2D eigenvalue weighted by atomic mass is 14.4. The van der Waals surface area contributed by atoms with Crippen LogP contribution in [0.4, 0.5) is 0 Å². The van der Waals surface area contributed by atoms with E-state index in [-0.39, 0.29) is 5.41 Å². The van der Waals surface area contributed by atoms with Crippen LogP contribution in [0.2, 0.25) is 0 Å². The molecule has 9 rings (SSSR count). The van der Waals surface area contributed by atoms with Crippen molar-refractivity contribution in [1.82, 2.24) is 0 Å². The monoisotopic (exact) mass is 572 g/mol. The minimum absolute atomic E-state index is 0.0397. The molecule has 0 heterocycles. The molecule has 0 heteroatoms. The summed E-state index contributed by atoms with van der Waals surface area (Å²) in [7, 11) is 0. The Kier molecular flexibility index (Phi) is 5.64. The van der Waals surface area contributed by atoms with Crippen LogP contribution in [0.5, 0.6) is 0 Å². The molecule has 0 amide bonds. The molecule has 0 atom stereocenters. The third-order valence-corrected chi connectivity index (χ3v) is 10.0. The summed E-state index contributed by atoms with van der Waals surface area (Å²) in [5.74, 6) is 0. The molecule has 1 aliphatic carbocycles. The van der Waals surface area contributed by atoms with Gasteiger partial charge in [-0.05, 0) is 94.0 Å². The van der Waals surface area contributed by atoms with Crippen LogP contribution < -0.4 is 0 Å². The van der Waals surface area contributed by atoms with Crippen LogP contribution in [0.15, 0.2) is 158 Å². The average Bonchev–Trinajstić information content (AvgIpc) is 3.33. The van der Waals surface area contributed by atoms with E-state index in [2.05, 4.69) is 172 Å². The largest absolute Gasteiger partial charge is 0.0622 e. The highest BCUT2D eigenvalue weighted by Crippen LogP contribution is 2.53. The second-order valence-corrected chi connectivity index (χ2v) is 12.8. The Morgan fingerprint density at radius 1 is 0.333 bits per heavy atom. The first-order valence-corrected chi connectivity index (χ1v) is 15.9. The summed E-state index contributed by atoms with van der Waals surface area (Å²) in [4.78, 5) is 0. The lowest BCUT2D eigenvalue weighted by Gasteiger charge is -2.24. The first kappa shape index (κ1) is 26.0. The highest BCUT2D eigenvalue weighted by molar-refractivity contribution is 6.21. The van der Waals surface area contributed by atoms with Crippen molar-refractivity contribution in [2.75, 3.05) is 0 Å². The van der Waals surface area contributed by atoms with E-state index in [1.807, 2.05) is 0 Å². The molecule has 0 nitrogen and oxygen atoms in total. The Morgan fingerprint density at radius 3 is 1.38 bits per heavy atom. The maximum absolute atomic E-state index is 2.44. The summed E-state index contributed by atoms with van der Waals surface area (Å²) in [6, 6.07) is 58.2. The van der Waals surface area contributed by atoms with Crippen molar-refractivity contribution in [1.29, 1.82) is 0 Å². The zero-order valence-corrected chi connectivity index (χ0v) is 25.5. The Labute approximate surface area is 264 Å². The van der Waals surface area contributed by atoms with Crippen molar-refractivity contribution in [2.45, 2.75) is 19.3 Å². The van der Waals surface area contributed by atoms with Gasteiger partial charge in [0.05, 0.1) is 0 Å². The van der Waals surface area contributed by atoms with Crippen LogP contribution in [0.3, 0.4) is 0 Å². The van der Waals surface area contributed by atoms with Gasteiger partial charge in [-0.15, -0.1) is 0 Å². The molecular weight excluding hydrogens is 540 g/mol. The van der Waals surface area contributed by atoms with E-state index in [0.29, 0.717) is 0 Å². The van der Waals surface area contributed by atoms with E-state index < -0.39 is 0 Å². The normalized spacial score (nSPS) is 13.3. The van der Waals surface area contributed by atoms with E-state index in [0.717, 1.165) is 0 Å². The third kappa shape index (κ3) is 3.79. The number of hydrogen-bond donors (Lipinski definition) is 0. The molecule has 0 saturated carbocycles. The lowest BCUT2D eigenvalue weighted by Crippen LogP contribution is -2.15. The van der Waals surface area contributed by atoms with Crippen LogP contribution in [-0.2, 0) is 5.41 Å². The molecular formula is C45H32. The van der Waals surface area contributed by atoms with Crippen LogP contribution in [0, 0.1) is 0 Å². The Balaban J connectivity index is 1.26. The third-order valence-electron chi connectivity index (χ3n) is 10.0. The molecule has 0 fully saturated rings. The van der Waals surface area contributed by atoms with Gasteiger partial charge in [0.15, 0.2) is 0 Å². The number of fused-ring (bicyclic) bond motifs is 7. The van der Waals surface area contributed by atoms with Gasteiger partial charge in [-0.1, -0.05) is 166 Å². The highest BCUT2D eigenvalue weighted by Gasteiger charge is 2.37. The van der Waals surface area contributed by atoms with Gasteiger partial charge < -0.3 is 0 Å².